The van der Waals surface area contributed by atoms with Crippen LogP contribution in [0.3, 0.4) is 0 Å². The van der Waals surface area contributed by atoms with E-state index in [9.17, 15) is 38.7 Å². The van der Waals surface area contributed by atoms with Gasteiger partial charge in [-0.15, -0.1) is 0 Å². The van der Waals surface area contributed by atoms with Crippen molar-refractivity contribution in [2.75, 3.05) is 0 Å². The first kappa shape index (κ1) is 30.5. The van der Waals surface area contributed by atoms with E-state index in [0.29, 0.717) is 5.56 Å². The van der Waals surface area contributed by atoms with E-state index in [4.69, 9.17) is 22.9 Å². The zero-order chi connectivity index (χ0) is 28.1. The van der Waals surface area contributed by atoms with E-state index in [1.165, 1.54) is 0 Å². The maximum atomic E-state index is 13.1. The van der Waals surface area contributed by atoms with Gasteiger partial charge < -0.3 is 44.0 Å². The van der Waals surface area contributed by atoms with Crippen LogP contribution in [0.2, 0.25) is 0 Å². The maximum absolute atomic E-state index is 13.1. The quantitative estimate of drug-likeness (QED) is 0.105. The van der Waals surface area contributed by atoms with Crippen molar-refractivity contribution >= 4 is 41.4 Å². The number of nitrogens with two attached hydrogens (primary N) is 4. The van der Waals surface area contributed by atoms with Crippen LogP contribution in [-0.4, -0.2) is 70.7 Å². The Hall–Kier alpha value is -4.53. The molecule has 0 radical (unpaired) electrons. The van der Waals surface area contributed by atoms with E-state index in [1.807, 2.05) is 0 Å². The Morgan fingerprint density at radius 1 is 0.703 bits per heavy atom. The van der Waals surface area contributed by atoms with Crippen LogP contribution >= 0.6 is 0 Å². The first-order valence-electron chi connectivity index (χ1n) is 11.1. The number of primary amides is 3. The standard InChI is InChI=1S/C22H31N7O8/c23-12(9-17(25)31)19(33)28-14(8-11-4-2-1-3-5-11)21(35)27-13(6-7-16(24)30)20(34)29-15(22(36)37)10-18(26)32/h1-5,12-15H,6-10,23H2,(H2,24,30)(H2,25,31)(H2,26,32)(H,27,35)(H,28,33)(H,29,34)(H,36,37). The van der Waals surface area contributed by atoms with Gasteiger partial charge in [-0.05, 0) is 12.0 Å². The van der Waals surface area contributed by atoms with Crippen LogP contribution in [-0.2, 0) is 40.0 Å². The summed E-state index contributed by atoms with van der Waals surface area (Å²) < 4.78 is 0. The molecule has 1 rings (SSSR count). The highest BCUT2D eigenvalue weighted by Gasteiger charge is 2.31. The number of carbonyl (C=O) groups excluding carboxylic acids is 6. The molecule has 4 unspecified atom stereocenters. The van der Waals surface area contributed by atoms with Crippen molar-refractivity contribution in [1.82, 2.24) is 16.0 Å². The van der Waals surface area contributed by atoms with E-state index in [-0.39, 0.29) is 19.3 Å². The molecule has 0 saturated carbocycles. The second kappa shape index (κ2) is 14.8. The normalized spacial score (nSPS) is 13.8. The predicted molar refractivity (Wildman–Crippen MR) is 128 cm³/mol. The lowest BCUT2D eigenvalue weighted by atomic mass is 10.0. The number of carboxylic acids is 1. The molecule has 0 aliphatic heterocycles. The van der Waals surface area contributed by atoms with Crippen molar-refractivity contribution in [1.29, 1.82) is 0 Å². The summed E-state index contributed by atoms with van der Waals surface area (Å²) in [6.45, 7) is 0. The minimum atomic E-state index is -1.69. The van der Waals surface area contributed by atoms with E-state index in [0.717, 1.165) is 0 Å². The minimum Gasteiger partial charge on any atom is -0.480 e. The van der Waals surface area contributed by atoms with Crippen molar-refractivity contribution < 1.29 is 38.7 Å². The fraction of sp³-hybridized carbons (Fsp3) is 0.409. The average molecular weight is 522 g/mol. The predicted octanol–water partition coefficient (Wildman–Crippen LogP) is -3.89. The number of carbonyl (C=O) groups is 7. The number of hydrogen-bond acceptors (Lipinski definition) is 8. The number of aliphatic carboxylic acids is 1. The summed E-state index contributed by atoms with van der Waals surface area (Å²) in [5.74, 6) is -6.95. The van der Waals surface area contributed by atoms with Gasteiger partial charge in [-0.2, -0.15) is 0 Å². The molecule has 15 heteroatoms. The van der Waals surface area contributed by atoms with E-state index in [1.54, 1.807) is 30.3 Å². The van der Waals surface area contributed by atoms with Crippen LogP contribution in [0.4, 0.5) is 0 Å². The number of carboxylic acid groups (broad SMARTS) is 1. The zero-order valence-corrected chi connectivity index (χ0v) is 19.8. The Morgan fingerprint density at radius 2 is 1.22 bits per heavy atom. The SMILES string of the molecule is NC(=O)CCC(NC(=O)C(Cc1ccccc1)NC(=O)C(N)CC(N)=O)C(=O)NC(CC(N)=O)C(=O)O. The first-order valence-corrected chi connectivity index (χ1v) is 11.1. The molecule has 0 bridgehead atoms. The summed E-state index contributed by atoms with van der Waals surface area (Å²) >= 11 is 0. The lowest BCUT2D eigenvalue weighted by Crippen LogP contribution is -2.58. The number of hydrogen-bond donors (Lipinski definition) is 8. The van der Waals surface area contributed by atoms with Crippen LogP contribution in [0.5, 0.6) is 0 Å². The molecule has 0 saturated heterocycles. The monoisotopic (exact) mass is 521 g/mol. The Morgan fingerprint density at radius 3 is 1.73 bits per heavy atom. The molecule has 0 aliphatic carbocycles. The van der Waals surface area contributed by atoms with Gasteiger partial charge in [0.05, 0.1) is 18.9 Å². The third-order valence-electron chi connectivity index (χ3n) is 5.01. The van der Waals surface area contributed by atoms with E-state index < -0.39 is 78.4 Å². The van der Waals surface area contributed by atoms with E-state index in [2.05, 4.69) is 16.0 Å². The van der Waals surface area contributed by atoms with Crippen molar-refractivity contribution in [3.05, 3.63) is 35.9 Å². The molecule has 6 amide bonds. The highest BCUT2D eigenvalue weighted by atomic mass is 16.4. The van der Waals surface area contributed by atoms with Gasteiger partial charge in [0.15, 0.2) is 0 Å². The maximum Gasteiger partial charge on any atom is 0.326 e. The second-order valence-corrected chi connectivity index (χ2v) is 8.16. The summed E-state index contributed by atoms with van der Waals surface area (Å²) in [5.41, 5.74) is 21.5. The fourth-order valence-electron chi connectivity index (χ4n) is 3.15. The van der Waals surface area contributed by atoms with Gasteiger partial charge in [-0.1, -0.05) is 30.3 Å². The molecule has 4 atom stereocenters. The van der Waals surface area contributed by atoms with Gasteiger partial charge in [-0.25, -0.2) is 4.79 Å². The zero-order valence-electron chi connectivity index (χ0n) is 19.8. The molecule has 1 aromatic rings. The number of amides is 6. The van der Waals surface area contributed by atoms with Gasteiger partial charge >= 0.3 is 5.97 Å². The molecule has 0 fully saturated rings. The Labute approximate surface area is 211 Å². The molecule has 0 aromatic heterocycles. The van der Waals surface area contributed by atoms with Crippen LogP contribution in [0.1, 0.15) is 31.2 Å². The molecule has 15 nitrogen and oxygen atoms in total. The van der Waals surface area contributed by atoms with Crippen LogP contribution in [0.25, 0.3) is 0 Å². The molecule has 202 valence electrons. The van der Waals surface area contributed by atoms with Crippen molar-refractivity contribution in [2.45, 2.75) is 56.3 Å². The molecule has 0 aliphatic rings. The highest BCUT2D eigenvalue weighted by molar-refractivity contribution is 5.96. The van der Waals surface area contributed by atoms with Crippen molar-refractivity contribution in [3.8, 4) is 0 Å². The number of nitrogens with one attached hydrogen (secondary N) is 3. The third kappa shape index (κ3) is 11.6. The summed E-state index contributed by atoms with van der Waals surface area (Å²) in [5, 5.41) is 16.1. The molecular formula is C22H31N7O8. The highest BCUT2D eigenvalue weighted by Crippen LogP contribution is 2.07. The molecule has 37 heavy (non-hydrogen) atoms. The lowest BCUT2D eigenvalue weighted by Gasteiger charge is -2.25. The summed E-state index contributed by atoms with van der Waals surface area (Å²) in [4.78, 5) is 83.3. The Kier molecular flexibility index (Phi) is 12.2. The molecule has 12 N–H and O–H groups in total. The fourth-order valence-corrected chi connectivity index (χ4v) is 3.15. The third-order valence-corrected chi connectivity index (χ3v) is 5.01. The van der Waals surface area contributed by atoms with Gasteiger partial charge in [0.1, 0.15) is 18.1 Å². The van der Waals surface area contributed by atoms with Crippen LogP contribution < -0.4 is 38.9 Å². The topological polar surface area (TPSA) is 280 Å². The Balaban J connectivity index is 3.15. The first-order chi connectivity index (χ1) is 17.3. The molecule has 0 heterocycles. The average Bonchev–Trinajstić information content (AvgIpc) is 2.80. The molecule has 1 aromatic carbocycles. The largest absolute Gasteiger partial charge is 0.480 e. The summed E-state index contributed by atoms with van der Waals surface area (Å²) in [7, 11) is 0. The van der Waals surface area contributed by atoms with Crippen LogP contribution in [0.15, 0.2) is 30.3 Å². The smallest absolute Gasteiger partial charge is 0.326 e. The van der Waals surface area contributed by atoms with Gasteiger partial charge in [0, 0.05) is 12.8 Å². The van der Waals surface area contributed by atoms with Crippen LogP contribution in [0, 0.1) is 0 Å². The Bertz CT molecular complexity index is 1020. The number of benzene rings is 1. The van der Waals surface area contributed by atoms with Crippen molar-refractivity contribution in [3.63, 3.8) is 0 Å². The van der Waals surface area contributed by atoms with Gasteiger partial charge in [0.2, 0.25) is 35.4 Å². The van der Waals surface area contributed by atoms with E-state index >= 15 is 0 Å². The summed E-state index contributed by atoms with van der Waals surface area (Å²) in [6, 6.07) is 2.67. The number of rotatable bonds is 16. The molecule has 0 spiro atoms. The van der Waals surface area contributed by atoms with Gasteiger partial charge in [-0.3, -0.25) is 28.8 Å². The lowest BCUT2D eigenvalue weighted by molar-refractivity contribution is -0.144. The van der Waals surface area contributed by atoms with Gasteiger partial charge in [0.25, 0.3) is 0 Å². The minimum absolute atomic E-state index is 0.0503. The summed E-state index contributed by atoms with van der Waals surface area (Å²) in [6.07, 6.45) is -1.92. The molecular weight excluding hydrogens is 490 g/mol. The van der Waals surface area contributed by atoms with Crippen molar-refractivity contribution in [2.24, 2.45) is 22.9 Å². The second-order valence-electron chi connectivity index (χ2n) is 8.16.